The number of carbonyl (C=O) groups excluding carboxylic acids is 2. The molecule has 0 spiro atoms. The van der Waals surface area contributed by atoms with E-state index in [0.717, 1.165) is 19.3 Å². The molecule has 2 unspecified atom stereocenters. The molecular formula is C15H19N3O2. The van der Waals surface area contributed by atoms with Gasteiger partial charge in [-0.1, -0.05) is 24.3 Å². The number of benzene rings is 1. The monoisotopic (exact) mass is 273 g/mol. The Kier molecular flexibility index (Phi) is 3.69. The maximum absolute atomic E-state index is 12.3. The third-order valence-electron chi connectivity index (χ3n) is 4.01. The Morgan fingerprint density at radius 3 is 2.95 bits per heavy atom. The van der Waals surface area contributed by atoms with Crippen molar-refractivity contribution in [2.75, 3.05) is 13.1 Å². The minimum atomic E-state index is -0.332. The predicted octanol–water partition coefficient (Wildman–Crippen LogP) is 0.268. The van der Waals surface area contributed by atoms with Crippen LogP contribution in [0, 0.1) is 0 Å². The molecular weight excluding hydrogens is 254 g/mol. The van der Waals surface area contributed by atoms with Crippen molar-refractivity contribution in [1.29, 1.82) is 0 Å². The molecule has 0 radical (unpaired) electrons. The molecule has 0 bridgehead atoms. The molecule has 1 aliphatic heterocycles. The molecule has 3 rings (SSSR count). The van der Waals surface area contributed by atoms with Gasteiger partial charge in [-0.25, -0.2) is 0 Å². The lowest BCUT2D eigenvalue weighted by Crippen LogP contribution is -2.58. The Hall–Kier alpha value is -1.88. The fourth-order valence-corrected chi connectivity index (χ4v) is 2.93. The first-order valence-electron chi connectivity index (χ1n) is 7.12. The molecule has 3 N–H and O–H groups in total. The average Bonchev–Trinajstić information content (AvgIpc) is 2.48. The number of fused-ring (bicyclic) bond motifs is 1. The van der Waals surface area contributed by atoms with E-state index in [2.05, 4.69) is 28.1 Å². The first-order chi connectivity index (χ1) is 9.74. The molecule has 2 amide bonds. The lowest BCUT2D eigenvalue weighted by molar-refractivity contribution is -0.127. The topological polar surface area (TPSA) is 70.2 Å². The summed E-state index contributed by atoms with van der Waals surface area (Å²) in [5, 5.41) is 8.77. The summed E-state index contributed by atoms with van der Waals surface area (Å²) in [5.41, 5.74) is 2.56. The van der Waals surface area contributed by atoms with Gasteiger partial charge in [0.2, 0.25) is 11.8 Å². The van der Waals surface area contributed by atoms with Crippen molar-refractivity contribution in [2.24, 2.45) is 0 Å². The van der Waals surface area contributed by atoms with E-state index in [1.165, 1.54) is 11.1 Å². The molecule has 5 heteroatoms. The number of rotatable bonds is 2. The maximum Gasteiger partial charge on any atom is 0.239 e. The van der Waals surface area contributed by atoms with Crippen molar-refractivity contribution in [2.45, 2.75) is 31.3 Å². The van der Waals surface area contributed by atoms with Gasteiger partial charge in [-0.3, -0.25) is 14.9 Å². The Balaban J connectivity index is 1.66. The minimum Gasteiger partial charge on any atom is -0.353 e. The maximum atomic E-state index is 12.3. The lowest BCUT2D eigenvalue weighted by Gasteiger charge is -2.29. The van der Waals surface area contributed by atoms with Gasteiger partial charge in [0.1, 0.15) is 6.04 Å². The number of hydrogen-bond acceptors (Lipinski definition) is 3. The van der Waals surface area contributed by atoms with Crippen molar-refractivity contribution >= 4 is 11.8 Å². The van der Waals surface area contributed by atoms with E-state index >= 15 is 0 Å². The second-order valence-electron chi connectivity index (χ2n) is 5.39. The SMILES string of the molecule is O=C1CNC(C(=O)NC2CCCc3ccccc32)CN1. The number of amides is 2. The van der Waals surface area contributed by atoms with Crippen molar-refractivity contribution in [1.82, 2.24) is 16.0 Å². The zero-order valence-electron chi connectivity index (χ0n) is 11.3. The molecule has 0 aromatic heterocycles. The van der Waals surface area contributed by atoms with Crippen LogP contribution >= 0.6 is 0 Å². The molecule has 2 atom stereocenters. The molecule has 20 heavy (non-hydrogen) atoms. The van der Waals surface area contributed by atoms with E-state index in [-0.39, 0.29) is 30.4 Å². The molecule has 1 saturated heterocycles. The van der Waals surface area contributed by atoms with Gasteiger partial charge in [-0.2, -0.15) is 0 Å². The number of hydrogen-bond donors (Lipinski definition) is 3. The standard InChI is InChI=1S/C15H19N3O2/c19-14-9-16-13(8-17-14)15(20)18-12-7-3-5-10-4-1-2-6-11(10)12/h1-2,4,6,12-13,16H,3,5,7-9H2,(H,17,19)(H,18,20). The van der Waals surface area contributed by atoms with E-state index in [1.54, 1.807) is 0 Å². The van der Waals surface area contributed by atoms with Gasteiger partial charge < -0.3 is 10.6 Å². The number of carbonyl (C=O) groups is 2. The van der Waals surface area contributed by atoms with E-state index in [1.807, 2.05) is 12.1 Å². The Morgan fingerprint density at radius 2 is 2.15 bits per heavy atom. The Labute approximate surface area is 118 Å². The summed E-state index contributed by atoms with van der Waals surface area (Å²) in [6.07, 6.45) is 3.15. The van der Waals surface area contributed by atoms with Crippen LogP contribution in [0.5, 0.6) is 0 Å². The highest BCUT2D eigenvalue weighted by molar-refractivity contribution is 5.87. The summed E-state index contributed by atoms with van der Waals surface area (Å²) in [6, 6.07) is 8.04. The number of piperazine rings is 1. The molecule has 1 aromatic rings. The zero-order chi connectivity index (χ0) is 13.9. The van der Waals surface area contributed by atoms with Crippen LogP contribution in [-0.2, 0) is 16.0 Å². The second kappa shape index (κ2) is 5.63. The first kappa shape index (κ1) is 13.1. The summed E-state index contributed by atoms with van der Waals surface area (Å²) in [4.78, 5) is 23.3. The molecule has 0 saturated carbocycles. The van der Waals surface area contributed by atoms with E-state index < -0.39 is 0 Å². The summed E-state index contributed by atoms with van der Waals surface area (Å²) in [7, 11) is 0. The van der Waals surface area contributed by atoms with Gasteiger partial charge in [0.15, 0.2) is 0 Å². The normalized spacial score (nSPS) is 25.5. The number of aryl methyl sites for hydroxylation is 1. The van der Waals surface area contributed by atoms with Crippen LogP contribution in [0.4, 0.5) is 0 Å². The van der Waals surface area contributed by atoms with Crippen LogP contribution in [0.3, 0.4) is 0 Å². The summed E-state index contributed by atoms with van der Waals surface area (Å²) >= 11 is 0. The average molecular weight is 273 g/mol. The van der Waals surface area contributed by atoms with E-state index in [0.29, 0.717) is 6.54 Å². The van der Waals surface area contributed by atoms with Crippen LogP contribution < -0.4 is 16.0 Å². The fourth-order valence-electron chi connectivity index (χ4n) is 2.93. The molecule has 106 valence electrons. The van der Waals surface area contributed by atoms with Crippen molar-refractivity contribution in [3.8, 4) is 0 Å². The van der Waals surface area contributed by atoms with Crippen LogP contribution in [0.2, 0.25) is 0 Å². The highest BCUT2D eigenvalue weighted by Crippen LogP contribution is 2.29. The van der Waals surface area contributed by atoms with Crippen molar-refractivity contribution in [3.05, 3.63) is 35.4 Å². The van der Waals surface area contributed by atoms with Crippen LogP contribution in [0.25, 0.3) is 0 Å². The summed E-state index contributed by atoms with van der Waals surface area (Å²) in [5.74, 6) is -0.0937. The van der Waals surface area contributed by atoms with Crippen LogP contribution in [0.1, 0.15) is 30.0 Å². The van der Waals surface area contributed by atoms with E-state index in [9.17, 15) is 9.59 Å². The van der Waals surface area contributed by atoms with Crippen LogP contribution in [0.15, 0.2) is 24.3 Å². The zero-order valence-corrected chi connectivity index (χ0v) is 11.3. The van der Waals surface area contributed by atoms with Gasteiger partial charge >= 0.3 is 0 Å². The predicted molar refractivity (Wildman–Crippen MR) is 75.1 cm³/mol. The Morgan fingerprint density at radius 1 is 1.30 bits per heavy atom. The van der Waals surface area contributed by atoms with Gasteiger partial charge in [0.25, 0.3) is 0 Å². The largest absolute Gasteiger partial charge is 0.353 e. The van der Waals surface area contributed by atoms with Gasteiger partial charge in [-0.05, 0) is 30.4 Å². The van der Waals surface area contributed by atoms with Crippen molar-refractivity contribution < 1.29 is 9.59 Å². The molecule has 5 nitrogen and oxygen atoms in total. The fraction of sp³-hybridized carbons (Fsp3) is 0.467. The lowest BCUT2D eigenvalue weighted by atomic mass is 9.87. The van der Waals surface area contributed by atoms with Gasteiger partial charge in [-0.15, -0.1) is 0 Å². The van der Waals surface area contributed by atoms with Crippen LogP contribution in [-0.4, -0.2) is 30.9 Å². The number of nitrogens with one attached hydrogen (secondary N) is 3. The second-order valence-corrected chi connectivity index (χ2v) is 5.39. The first-order valence-corrected chi connectivity index (χ1v) is 7.12. The molecule has 1 heterocycles. The summed E-state index contributed by atoms with van der Waals surface area (Å²) < 4.78 is 0. The van der Waals surface area contributed by atoms with E-state index in [4.69, 9.17) is 0 Å². The molecule has 1 fully saturated rings. The molecule has 1 aliphatic carbocycles. The minimum absolute atomic E-state index is 0.0355. The van der Waals surface area contributed by atoms with Crippen molar-refractivity contribution in [3.63, 3.8) is 0 Å². The molecule has 2 aliphatic rings. The van der Waals surface area contributed by atoms with Gasteiger partial charge in [0.05, 0.1) is 12.6 Å². The Bertz CT molecular complexity index is 520. The smallest absolute Gasteiger partial charge is 0.239 e. The quantitative estimate of drug-likeness (QED) is 0.724. The summed E-state index contributed by atoms with van der Waals surface area (Å²) in [6.45, 7) is 0.568. The highest BCUT2D eigenvalue weighted by Gasteiger charge is 2.27. The van der Waals surface area contributed by atoms with Gasteiger partial charge in [0, 0.05) is 6.54 Å². The third-order valence-corrected chi connectivity index (χ3v) is 4.01. The highest BCUT2D eigenvalue weighted by atomic mass is 16.2. The third kappa shape index (κ3) is 2.67. The molecule has 1 aromatic carbocycles.